The molecular formula is C9H12N2O2. The van der Waals surface area contributed by atoms with Crippen molar-refractivity contribution < 1.29 is 9.53 Å². The first-order chi connectivity index (χ1) is 6.27. The van der Waals surface area contributed by atoms with Crippen LogP contribution in [0.5, 0.6) is 5.88 Å². The molecular weight excluding hydrogens is 168 g/mol. The number of aromatic nitrogens is 1. The minimum absolute atomic E-state index is 0.0325. The fourth-order valence-electron chi connectivity index (χ4n) is 0.964. The Bertz CT molecular complexity index is 300. The molecule has 0 bridgehead atoms. The SMILES string of the molecule is CNc1cc(C)cnc1OCC=O. The molecule has 0 unspecified atom stereocenters. The Morgan fingerprint density at radius 2 is 2.46 bits per heavy atom. The highest BCUT2D eigenvalue weighted by atomic mass is 16.5. The van der Waals surface area contributed by atoms with E-state index < -0.39 is 0 Å². The molecule has 0 amide bonds. The van der Waals surface area contributed by atoms with Crippen LogP contribution in [0.3, 0.4) is 0 Å². The first kappa shape index (κ1) is 9.51. The summed E-state index contributed by atoms with van der Waals surface area (Å²) in [7, 11) is 1.78. The zero-order chi connectivity index (χ0) is 9.68. The Kier molecular flexibility index (Phi) is 3.25. The van der Waals surface area contributed by atoms with Gasteiger partial charge in [-0.15, -0.1) is 0 Å². The third-order valence-electron chi connectivity index (χ3n) is 1.55. The van der Waals surface area contributed by atoms with E-state index in [1.165, 1.54) is 0 Å². The molecule has 1 aromatic heterocycles. The zero-order valence-corrected chi connectivity index (χ0v) is 7.70. The summed E-state index contributed by atoms with van der Waals surface area (Å²) in [6.07, 6.45) is 2.39. The number of anilines is 1. The highest BCUT2D eigenvalue weighted by Gasteiger charge is 2.02. The average Bonchev–Trinajstić information content (AvgIpc) is 2.16. The molecule has 1 aromatic rings. The molecule has 0 radical (unpaired) electrons. The van der Waals surface area contributed by atoms with Crippen LogP contribution in [-0.4, -0.2) is 24.9 Å². The number of hydrogen-bond acceptors (Lipinski definition) is 4. The van der Waals surface area contributed by atoms with Crippen molar-refractivity contribution in [2.45, 2.75) is 6.92 Å². The lowest BCUT2D eigenvalue weighted by molar-refractivity contribution is -0.109. The van der Waals surface area contributed by atoms with E-state index in [9.17, 15) is 4.79 Å². The van der Waals surface area contributed by atoms with Gasteiger partial charge < -0.3 is 10.1 Å². The Labute approximate surface area is 76.9 Å². The molecule has 0 aliphatic heterocycles. The van der Waals surface area contributed by atoms with Crippen molar-refractivity contribution in [1.82, 2.24) is 4.98 Å². The second kappa shape index (κ2) is 4.45. The molecule has 0 aliphatic carbocycles. The lowest BCUT2D eigenvalue weighted by atomic mass is 10.3. The summed E-state index contributed by atoms with van der Waals surface area (Å²) in [5.74, 6) is 0.459. The highest BCUT2D eigenvalue weighted by Crippen LogP contribution is 2.21. The van der Waals surface area contributed by atoms with Gasteiger partial charge in [0.1, 0.15) is 6.61 Å². The molecule has 70 valence electrons. The Morgan fingerprint density at radius 1 is 1.69 bits per heavy atom. The normalized spacial score (nSPS) is 9.38. The number of ether oxygens (including phenoxy) is 1. The third-order valence-corrected chi connectivity index (χ3v) is 1.55. The molecule has 0 spiro atoms. The van der Waals surface area contributed by atoms with Gasteiger partial charge in [0.05, 0.1) is 5.69 Å². The van der Waals surface area contributed by atoms with E-state index in [1.807, 2.05) is 13.0 Å². The van der Waals surface area contributed by atoms with Gasteiger partial charge >= 0.3 is 0 Å². The van der Waals surface area contributed by atoms with E-state index >= 15 is 0 Å². The van der Waals surface area contributed by atoms with Crippen molar-refractivity contribution in [2.75, 3.05) is 19.0 Å². The van der Waals surface area contributed by atoms with E-state index in [0.29, 0.717) is 12.2 Å². The second-order valence-corrected chi connectivity index (χ2v) is 2.59. The zero-order valence-electron chi connectivity index (χ0n) is 7.70. The van der Waals surface area contributed by atoms with Gasteiger partial charge in [-0.1, -0.05) is 0 Å². The summed E-state index contributed by atoms with van der Waals surface area (Å²) in [5, 5.41) is 2.94. The first-order valence-corrected chi connectivity index (χ1v) is 3.98. The first-order valence-electron chi connectivity index (χ1n) is 3.98. The maximum Gasteiger partial charge on any atom is 0.237 e. The number of rotatable bonds is 4. The molecule has 0 aromatic carbocycles. The maximum atomic E-state index is 10.1. The Balaban J connectivity index is 2.85. The van der Waals surface area contributed by atoms with Crippen LogP contribution in [0.25, 0.3) is 0 Å². The molecule has 0 saturated heterocycles. The van der Waals surface area contributed by atoms with Gasteiger partial charge in [0.25, 0.3) is 0 Å². The lowest BCUT2D eigenvalue weighted by Crippen LogP contribution is -2.03. The van der Waals surface area contributed by atoms with E-state index in [1.54, 1.807) is 13.2 Å². The highest BCUT2D eigenvalue weighted by molar-refractivity contribution is 5.56. The average molecular weight is 180 g/mol. The van der Waals surface area contributed by atoms with Crippen LogP contribution >= 0.6 is 0 Å². The topological polar surface area (TPSA) is 51.2 Å². The molecule has 13 heavy (non-hydrogen) atoms. The molecule has 4 nitrogen and oxygen atoms in total. The van der Waals surface area contributed by atoms with Crippen LogP contribution in [-0.2, 0) is 4.79 Å². The molecule has 0 fully saturated rings. The predicted molar refractivity (Wildman–Crippen MR) is 50.1 cm³/mol. The van der Waals surface area contributed by atoms with Gasteiger partial charge in [0, 0.05) is 13.2 Å². The summed E-state index contributed by atoms with van der Waals surface area (Å²) >= 11 is 0. The molecule has 4 heteroatoms. The van der Waals surface area contributed by atoms with Crippen molar-refractivity contribution in [2.24, 2.45) is 0 Å². The van der Waals surface area contributed by atoms with E-state index in [-0.39, 0.29) is 6.61 Å². The summed E-state index contributed by atoms with van der Waals surface area (Å²) in [4.78, 5) is 14.1. The summed E-state index contributed by atoms with van der Waals surface area (Å²) in [5.41, 5.74) is 1.84. The van der Waals surface area contributed by atoms with Crippen molar-refractivity contribution >= 4 is 12.0 Å². The maximum absolute atomic E-state index is 10.1. The molecule has 0 aliphatic rings. The molecule has 1 rings (SSSR count). The smallest absolute Gasteiger partial charge is 0.237 e. The number of carbonyl (C=O) groups is 1. The number of pyridine rings is 1. The summed E-state index contributed by atoms with van der Waals surface area (Å²) in [6.45, 7) is 1.97. The number of carbonyl (C=O) groups excluding carboxylic acids is 1. The van der Waals surface area contributed by atoms with Crippen LogP contribution in [0.1, 0.15) is 5.56 Å². The predicted octanol–water partition coefficient (Wildman–Crippen LogP) is 1.01. The molecule has 0 saturated carbocycles. The van der Waals surface area contributed by atoms with Crippen LogP contribution < -0.4 is 10.1 Å². The quantitative estimate of drug-likeness (QED) is 0.702. The van der Waals surface area contributed by atoms with Crippen molar-refractivity contribution in [3.63, 3.8) is 0 Å². The van der Waals surface area contributed by atoms with Gasteiger partial charge in [-0.25, -0.2) is 4.98 Å². The monoisotopic (exact) mass is 180 g/mol. The number of aryl methyl sites for hydroxylation is 1. The number of aldehydes is 1. The molecule has 1 heterocycles. The lowest BCUT2D eigenvalue weighted by Gasteiger charge is -2.07. The third kappa shape index (κ3) is 2.43. The van der Waals surface area contributed by atoms with Crippen molar-refractivity contribution in [3.8, 4) is 5.88 Å². The van der Waals surface area contributed by atoms with Crippen molar-refractivity contribution in [1.29, 1.82) is 0 Å². The second-order valence-electron chi connectivity index (χ2n) is 2.59. The van der Waals surface area contributed by atoms with Gasteiger partial charge in [-0.05, 0) is 18.6 Å². The van der Waals surface area contributed by atoms with Crippen LogP contribution in [0.4, 0.5) is 5.69 Å². The van der Waals surface area contributed by atoms with Crippen LogP contribution in [0.15, 0.2) is 12.3 Å². The fraction of sp³-hybridized carbons (Fsp3) is 0.333. The summed E-state index contributed by atoms with van der Waals surface area (Å²) in [6, 6.07) is 1.91. The van der Waals surface area contributed by atoms with Gasteiger partial charge in [0.2, 0.25) is 5.88 Å². The molecule has 1 N–H and O–H groups in total. The van der Waals surface area contributed by atoms with E-state index in [4.69, 9.17) is 4.74 Å². The number of nitrogens with zero attached hydrogens (tertiary/aromatic N) is 1. The van der Waals surface area contributed by atoms with Crippen LogP contribution in [0.2, 0.25) is 0 Å². The number of nitrogens with one attached hydrogen (secondary N) is 1. The van der Waals surface area contributed by atoms with Gasteiger partial charge in [-0.2, -0.15) is 0 Å². The van der Waals surface area contributed by atoms with Crippen molar-refractivity contribution in [3.05, 3.63) is 17.8 Å². The Hall–Kier alpha value is -1.58. The molecule has 0 atom stereocenters. The van der Waals surface area contributed by atoms with Gasteiger partial charge in [0.15, 0.2) is 6.29 Å². The number of hydrogen-bond donors (Lipinski definition) is 1. The standard InChI is InChI=1S/C9H12N2O2/c1-7-5-8(10-2)9(11-6-7)13-4-3-12/h3,5-6,10H,4H2,1-2H3. The Morgan fingerprint density at radius 3 is 3.08 bits per heavy atom. The minimum Gasteiger partial charge on any atom is -0.469 e. The fourth-order valence-corrected chi connectivity index (χ4v) is 0.964. The minimum atomic E-state index is 0.0325. The van der Waals surface area contributed by atoms with E-state index in [2.05, 4.69) is 10.3 Å². The van der Waals surface area contributed by atoms with Crippen LogP contribution in [0, 0.1) is 6.92 Å². The van der Waals surface area contributed by atoms with E-state index in [0.717, 1.165) is 11.3 Å². The summed E-state index contributed by atoms with van der Waals surface area (Å²) < 4.78 is 5.09. The largest absolute Gasteiger partial charge is 0.469 e. The van der Waals surface area contributed by atoms with Gasteiger partial charge in [-0.3, -0.25) is 4.79 Å².